The summed E-state index contributed by atoms with van der Waals surface area (Å²) >= 11 is 3.44. The summed E-state index contributed by atoms with van der Waals surface area (Å²) in [5, 5.41) is 0. The first-order valence-corrected chi connectivity index (χ1v) is 8.25. The molecule has 0 aromatic heterocycles. The van der Waals surface area contributed by atoms with E-state index in [0.717, 1.165) is 30.4 Å². The number of amides is 1. The number of benzene rings is 1. The molecule has 1 aromatic rings. The molecular weight excluding hydrogens is 330 g/mol. The van der Waals surface area contributed by atoms with Crippen molar-refractivity contribution in [2.75, 3.05) is 25.9 Å². The van der Waals surface area contributed by atoms with Crippen molar-refractivity contribution >= 4 is 27.5 Å². The van der Waals surface area contributed by atoms with Crippen molar-refractivity contribution in [3.8, 4) is 0 Å². The zero-order valence-corrected chi connectivity index (χ0v) is 14.6. The van der Waals surface area contributed by atoms with Crippen LogP contribution in [-0.2, 0) is 0 Å². The number of carbonyl (C=O) groups excluding carboxylic acids is 1. The summed E-state index contributed by atoms with van der Waals surface area (Å²) in [6.45, 7) is 6.55. The largest absolute Gasteiger partial charge is 0.399 e. The second-order valence-corrected chi connectivity index (χ2v) is 6.87. The molecule has 1 fully saturated rings. The lowest BCUT2D eigenvalue weighted by Gasteiger charge is -2.38. The Kier molecular flexibility index (Phi) is 5.27. The van der Waals surface area contributed by atoms with Crippen molar-refractivity contribution in [3.63, 3.8) is 0 Å². The number of nitrogen functional groups attached to an aromatic ring is 1. The Morgan fingerprint density at radius 3 is 2.57 bits per heavy atom. The van der Waals surface area contributed by atoms with E-state index in [1.54, 1.807) is 12.1 Å². The predicted octanol–water partition coefficient (Wildman–Crippen LogP) is 2.98. The molecule has 1 aromatic carbocycles. The van der Waals surface area contributed by atoms with Gasteiger partial charge < -0.3 is 15.5 Å². The molecule has 0 bridgehead atoms. The number of hydrogen-bond acceptors (Lipinski definition) is 3. The Morgan fingerprint density at radius 2 is 2.00 bits per heavy atom. The van der Waals surface area contributed by atoms with Crippen LogP contribution in [0.5, 0.6) is 0 Å². The summed E-state index contributed by atoms with van der Waals surface area (Å²) in [5.74, 6) is 0.0390. The molecule has 21 heavy (non-hydrogen) atoms. The van der Waals surface area contributed by atoms with Crippen molar-refractivity contribution in [2.24, 2.45) is 0 Å². The summed E-state index contributed by atoms with van der Waals surface area (Å²) < 4.78 is 0.799. The van der Waals surface area contributed by atoms with E-state index in [0.29, 0.717) is 23.3 Å². The molecule has 0 spiro atoms. The smallest absolute Gasteiger partial charge is 0.255 e. The van der Waals surface area contributed by atoms with Crippen molar-refractivity contribution < 1.29 is 4.79 Å². The van der Waals surface area contributed by atoms with Gasteiger partial charge in [-0.3, -0.25) is 4.79 Å². The van der Waals surface area contributed by atoms with Gasteiger partial charge in [-0.05, 0) is 60.8 Å². The molecule has 1 aliphatic rings. The minimum Gasteiger partial charge on any atom is -0.399 e. The predicted molar refractivity (Wildman–Crippen MR) is 90.4 cm³/mol. The van der Waals surface area contributed by atoms with Crippen LogP contribution in [0.3, 0.4) is 0 Å². The first-order chi connectivity index (χ1) is 9.90. The second-order valence-electron chi connectivity index (χ2n) is 6.02. The highest BCUT2D eigenvalue weighted by molar-refractivity contribution is 9.10. The van der Waals surface area contributed by atoms with Crippen molar-refractivity contribution in [3.05, 3.63) is 28.2 Å². The van der Waals surface area contributed by atoms with Crippen LogP contribution in [0.4, 0.5) is 5.69 Å². The maximum absolute atomic E-state index is 12.7. The van der Waals surface area contributed by atoms with Gasteiger partial charge in [0.25, 0.3) is 5.91 Å². The van der Waals surface area contributed by atoms with Crippen LogP contribution in [0.15, 0.2) is 22.7 Å². The number of halogens is 1. The molecule has 0 radical (unpaired) electrons. The fourth-order valence-corrected chi connectivity index (χ4v) is 3.27. The number of carbonyl (C=O) groups is 1. The highest BCUT2D eigenvalue weighted by Gasteiger charge is 2.27. The lowest BCUT2D eigenvalue weighted by atomic mass is 10.0. The fraction of sp³-hybridized carbons (Fsp3) is 0.562. The first kappa shape index (κ1) is 16.3. The SMILES string of the molecule is CC(C)N1CCC(N(C)C(=O)c2cc(N)ccc2Br)CC1. The van der Waals surface area contributed by atoms with E-state index in [1.807, 2.05) is 18.0 Å². The number of nitrogens with two attached hydrogens (primary N) is 1. The summed E-state index contributed by atoms with van der Waals surface area (Å²) in [5.41, 5.74) is 7.05. The minimum atomic E-state index is 0.0390. The lowest BCUT2D eigenvalue weighted by molar-refractivity contribution is 0.0614. The van der Waals surface area contributed by atoms with Gasteiger partial charge in [-0.1, -0.05) is 0 Å². The van der Waals surface area contributed by atoms with Gasteiger partial charge in [0.15, 0.2) is 0 Å². The molecule has 0 saturated carbocycles. The van der Waals surface area contributed by atoms with Crippen LogP contribution >= 0.6 is 15.9 Å². The van der Waals surface area contributed by atoms with Gasteiger partial charge in [-0.25, -0.2) is 0 Å². The number of nitrogens with zero attached hydrogens (tertiary/aromatic N) is 2. The normalized spacial score (nSPS) is 17.2. The fourth-order valence-electron chi connectivity index (χ4n) is 2.85. The summed E-state index contributed by atoms with van der Waals surface area (Å²) in [6, 6.07) is 6.25. The number of anilines is 1. The zero-order chi connectivity index (χ0) is 15.6. The molecule has 1 aliphatic heterocycles. The Morgan fingerprint density at radius 1 is 1.38 bits per heavy atom. The molecule has 2 N–H and O–H groups in total. The molecule has 1 saturated heterocycles. The van der Waals surface area contributed by atoms with Gasteiger partial charge >= 0.3 is 0 Å². The number of piperidine rings is 1. The van der Waals surface area contributed by atoms with Crippen molar-refractivity contribution in [1.82, 2.24) is 9.80 Å². The Hall–Kier alpha value is -1.07. The summed E-state index contributed by atoms with van der Waals surface area (Å²) in [6.07, 6.45) is 2.06. The Labute approximate surface area is 135 Å². The topological polar surface area (TPSA) is 49.6 Å². The zero-order valence-electron chi connectivity index (χ0n) is 13.0. The van der Waals surface area contributed by atoms with Gasteiger partial charge in [0.1, 0.15) is 0 Å². The van der Waals surface area contributed by atoms with Gasteiger partial charge in [0.05, 0.1) is 5.56 Å². The van der Waals surface area contributed by atoms with E-state index >= 15 is 0 Å². The summed E-state index contributed by atoms with van der Waals surface area (Å²) in [7, 11) is 1.90. The maximum Gasteiger partial charge on any atom is 0.255 e. The molecule has 5 heteroatoms. The minimum absolute atomic E-state index is 0.0390. The van der Waals surface area contributed by atoms with Crippen LogP contribution in [0, 0.1) is 0 Å². The van der Waals surface area contributed by atoms with E-state index in [4.69, 9.17) is 5.73 Å². The van der Waals surface area contributed by atoms with E-state index in [-0.39, 0.29) is 5.91 Å². The molecule has 116 valence electrons. The van der Waals surface area contributed by atoms with Gasteiger partial charge in [-0.2, -0.15) is 0 Å². The van der Waals surface area contributed by atoms with Gasteiger partial charge in [0.2, 0.25) is 0 Å². The third-order valence-corrected chi connectivity index (χ3v) is 5.01. The van der Waals surface area contributed by atoms with Crippen LogP contribution in [0.1, 0.15) is 37.0 Å². The molecule has 1 amide bonds. The molecular formula is C16H24BrN3O. The molecule has 0 unspecified atom stereocenters. The standard InChI is InChI=1S/C16H24BrN3O/c1-11(2)20-8-6-13(7-9-20)19(3)16(21)14-10-12(18)4-5-15(14)17/h4-5,10-11,13H,6-9,18H2,1-3H3. The number of rotatable bonds is 3. The Bertz CT molecular complexity index is 510. The van der Waals surface area contributed by atoms with E-state index in [9.17, 15) is 4.79 Å². The van der Waals surface area contributed by atoms with Crippen LogP contribution in [-0.4, -0.2) is 47.9 Å². The average molecular weight is 354 g/mol. The van der Waals surface area contributed by atoms with Gasteiger partial charge in [0, 0.05) is 42.4 Å². The van der Waals surface area contributed by atoms with Crippen molar-refractivity contribution in [1.29, 1.82) is 0 Å². The van der Waals surface area contributed by atoms with E-state index < -0.39 is 0 Å². The van der Waals surface area contributed by atoms with Gasteiger partial charge in [-0.15, -0.1) is 0 Å². The highest BCUT2D eigenvalue weighted by atomic mass is 79.9. The Balaban J connectivity index is 2.05. The quantitative estimate of drug-likeness (QED) is 0.849. The van der Waals surface area contributed by atoms with E-state index in [2.05, 4.69) is 34.7 Å². The lowest BCUT2D eigenvalue weighted by Crippen LogP contribution is -2.47. The van der Waals surface area contributed by atoms with Crippen LogP contribution < -0.4 is 5.73 Å². The van der Waals surface area contributed by atoms with Crippen LogP contribution in [0.25, 0.3) is 0 Å². The molecule has 0 atom stereocenters. The second kappa shape index (κ2) is 6.79. The highest BCUT2D eigenvalue weighted by Crippen LogP contribution is 2.24. The molecule has 4 nitrogen and oxygen atoms in total. The summed E-state index contributed by atoms with van der Waals surface area (Å²) in [4.78, 5) is 17.0. The van der Waals surface area contributed by atoms with Crippen molar-refractivity contribution in [2.45, 2.75) is 38.8 Å². The molecule has 2 rings (SSSR count). The number of likely N-dealkylation sites (tertiary alicyclic amines) is 1. The third-order valence-electron chi connectivity index (χ3n) is 4.32. The average Bonchev–Trinajstić information content (AvgIpc) is 2.48. The van der Waals surface area contributed by atoms with E-state index in [1.165, 1.54) is 0 Å². The molecule has 1 heterocycles. The molecule has 0 aliphatic carbocycles. The first-order valence-electron chi connectivity index (χ1n) is 7.46. The van der Waals surface area contributed by atoms with Crippen LogP contribution in [0.2, 0.25) is 0 Å². The third kappa shape index (κ3) is 3.77. The monoisotopic (exact) mass is 353 g/mol. The number of hydrogen-bond donors (Lipinski definition) is 1. The maximum atomic E-state index is 12.7.